The molecule has 2 aromatic carbocycles. The van der Waals surface area contributed by atoms with Gasteiger partial charge in [-0.3, -0.25) is 15.0 Å². The largest absolute Gasteiger partial charge is 0.395 e. The summed E-state index contributed by atoms with van der Waals surface area (Å²) >= 11 is 0. The van der Waals surface area contributed by atoms with E-state index in [1.54, 1.807) is 30.3 Å². The third-order valence-electron chi connectivity index (χ3n) is 4.88. The number of fused-ring (bicyclic) bond motifs is 1. The highest BCUT2D eigenvalue weighted by Gasteiger charge is 2.20. The fourth-order valence-corrected chi connectivity index (χ4v) is 4.23. The predicted molar refractivity (Wildman–Crippen MR) is 120 cm³/mol. The topological polar surface area (TPSA) is 149 Å². The van der Waals surface area contributed by atoms with Crippen molar-refractivity contribution in [2.75, 3.05) is 23.4 Å². The lowest BCUT2D eigenvalue weighted by molar-refractivity contribution is -0.122. The van der Waals surface area contributed by atoms with E-state index >= 15 is 0 Å². The van der Waals surface area contributed by atoms with Crippen LogP contribution in [0.25, 0.3) is 0 Å². The first-order chi connectivity index (χ1) is 14.9. The molecule has 1 unspecified atom stereocenters. The van der Waals surface area contributed by atoms with Crippen LogP contribution in [0.1, 0.15) is 29.5 Å². The molecule has 0 aromatic heterocycles. The van der Waals surface area contributed by atoms with Crippen molar-refractivity contribution in [2.45, 2.75) is 25.1 Å². The maximum atomic E-state index is 12.8. The van der Waals surface area contributed by atoms with Crippen molar-refractivity contribution >= 4 is 40.0 Å². The Morgan fingerprint density at radius 3 is 2.58 bits per heavy atom. The molecule has 2 aromatic rings. The first kappa shape index (κ1) is 22.6. The van der Waals surface area contributed by atoms with Crippen molar-refractivity contribution in [1.82, 2.24) is 4.72 Å². The van der Waals surface area contributed by atoms with Crippen LogP contribution in [0.4, 0.5) is 11.4 Å². The van der Waals surface area contributed by atoms with E-state index in [4.69, 9.17) is 11.1 Å². The molecule has 9 nitrogen and oxygen atoms in total. The zero-order valence-electron chi connectivity index (χ0n) is 16.9. The Labute approximate surface area is 182 Å². The fourth-order valence-electron chi connectivity index (χ4n) is 3.25. The molecule has 6 N–H and O–H groups in total. The number of benzene rings is 2. The molecule has 0 saturated heterocycles. The second kappa shape index (κ2) is 10.3. The molecule has 1 aliphatic rings. The van der Waals surface area contributed by atoms with Gasteiger partial charge in [-0.25, -0.2) is 8.93 Å². The van der Waals surface area contributed by atoms with Gasteiger partial charge in [-0.05, 0) is 47.5 Å². The van der Waals surface area contributed by atoms with Crippen LogP contribution < -0.4 is 20.7 Å². The number of amidine groups is 1. The minimum atomic E-state index is -1.09. The van der Waals surface area contributed by atoms with Gasteiger partial charge in [0.2, 0.25) is 11.8 Å². The Morgan fingerprint density at radius 2 is 1.90 bits per heavy atom. The molecule has 3 rings (SSSR count). The first-order valence-corrected chi connectivity index (χ1v) is 11.1. The monoisotopic (exact) mass is 443 g/mol. The van der Waals surface area contributed by atoms with E-state index in [0.29, 0.717) is 29.2 Å². The molecule has 0 radical (unpaired) electrons. The summed E-state index contributed by atoms with van der Waals surface area (Å²) in [6, 6.07) is 12.0. The summed E-state index contributed by atoms with van der Waals surface area (Å²) in [6.45, 7) is 0.354. The summed E-state index contributed by atoms with van der Waals surface area (Å²) < 4.78 is 14.5. The highest BCUT2D eigenvalue weighted by atomic mass is 32.2. The van der Waals surface area contributed by atoms with E-state index < -0.39 is 11.0 Å². The first-order valence-electron chi connectivity index (χ1n) is 9.76. The van der Waals surface area contributed by atoms with Crippen LogP contribution in [-0.4, -0.2) is 40.1 Å². The van der Waals surface area contributed by atoms with Crippen LogP contribution in [0.5, 0.6) is 0 Å². The molecule has 164 valence electrons. The molecule has 0 bridgehead atoms. The smallest absolute Gasteiger partial charge is 0.227 e. The summed E-state index contributed by atoms with van der Waals surface area (Å²) in [6.07, 6.45) is -0.0303. The number of rotatable bonds is 8. The number of nitrogens with two attached hydrogens (primary N) is 1. The standard InChI is InChI=1S/C21H25N5O4S/c22-21(23)14-1-4-17(5-2-14)25-19(28)7-8-20(29)26(9-10-27)18-6-3-15-13-31(30)24-12-16(15)11-18/h1-6,11,24,27H,7-10,12-13H2,(H3,22,23)(H,25,28). The number of nitrogens with one attached hydrogen (secondary N) is 3. The highest BCUT2D eigenvalue weighted by Crippen LogP contribution is 2.24. The van der Waals surface area contributed by atoms with Crippen LogP contribution in [0, 0.1) is 5.41 Å². The molecule has 1 atom stereocenters. The minimum Gasteiger partial charge on any atom is -0.395 e. The van der Waals surface area contributed by atoms with Gasteiger partial charge in [-0.1, -0.05) is 6.07 Å². The molecular weight excluding hydrogens is 418 g/mol. The number of anilines is 2. The minimum absolute atomic E-state index is 0.0132. The second-order valence-corrected chi connectivity index (χ2v) is 8.34. The van der Waals surface area contributed by atoms with Crippen LogP contribution in [0.2, 0.25) is 0 Å². The van der Waals surface area contributed by atoms with E-state index in [9.17, 15) is 18.9 Å². The van der Waals surface area contributed by atoms with Gasteiger partial charge < -0.3 is 21.1 Å². The molecule has 0 saturated carbocycles. The van der Waals surface area contributed by atoms with Gasteiger partial charge in [0.15, 0.2) is 0 Å². The van der Waals surface area contributed by atoms with Gasteiger partial charge in [0, 0.05) is 42.9 Å². The van der Waals surface area contributed by atoms with Gasteiger partial charge in [-0.15, -0.1) is 0 Å². The molecule has 1 aliphatic heterocycles. The second-order valence-electron chi connectivity index (χ2n) is 7.07. The van der Waals surface area contributed by atoms with Crippen LogP contribution in [-0.2, 0) is 32.9 Å². The number of aliphatic hydroxyl groups is 1. The lowest BCUT2D eigenvalue weighted by Gasteiger charge is -2.25. The molecule has 2 amide bonds. The summed E-state index contributed by atoms with van der Waals surface area (Å²) in [4.78, 5) is 26.5. The number of carbonyl (C=O) groups is 2. The van der Waals surface area contributed by atoms with Crippen molar-refractivity contribution in [3.8, 4) is 0 Å². The molecule has 1 heterocycles. The van der Waals surface area contributed by atoms with E-state index in [0.717, 1.165) is 11.1 Å². The number of nitrogens with zero attached hydrogens (tertiary/aromatic N) is 1. The van der Waals surface area contributed by atoms with E-state index in [1.165, 1.54) is 4.90 Å². The van der Waals surface area contributed by atoms with Gasteiger partial charge in [0.1, 0.15) is 5.84 Å². The Hall–Kier alpha value is -3.08. The molecule has 0 spiro atoms. The summed E-state index contributed by atoms with van der Waals surface area (Å²) in [5.41, 5.74) is 9.07. The van der Waals surface area contributed by atoms with Crippen molar-refractivity contribution in [3.63, 3.8) is 0 Å². The summed E-state index contributed by atoms with van der Waals surface area (Å²) in [7, 11) is -1.09. The van der Waals surface area contributed by atoms with Crippen molar-refractivity contribution < 1.29 is 18.9 Å². The highest BCUT2D eigenvalue weighted by molar-refractivity contribution is 7.82. The van der Waals surface area contributed by atoms with E-state index in [1.807, 2.05) is 12.1 Å². The molecule has 0 aliphatic carbocycles. The van der Waals surface area contributed by atoms with Gasteiger partial charge in [-0.2, -0.15) is 0 Å². The fraction of sp³-hybridized carbons (Fsp3) is 0.286. The summed E-state index contributed by atoms with van der Waals surface area (Å²) in [5, 5.41) is 19.5. The molecule has 10 heteroatoms. The van der Waals surface area contributed by atoms with Gasteiger partial charge in [0.05, 0.1) is 23.3 Å². The number of hydrogen-bond acceptors (Lipinski definition) is 5. The van der Waals surface area contributed by atoms with Crippen LogP contribution in [0.15, 0.2) is 42.5 Å². The quantitative estimate of drug-likeness (QED) is 0.305. The number of carbonyl (C=O) groups excluding carboxylic acids is 2. The molecule has 0 fully saturated rings. The maximum Gasteiger partial charge on any atom is 0.227 e. The lowest BCUT2D eigenvalue weighted by atomic mass is 10.1. The molecule has 31 heavy (non-hydrogen) atoms. The van der Waals surface area contributed by atoms with Gasteiger partial charge >= 0.3 is 0 Å². The zero-order chi connectivity index (χ0) is 22.4. The number of amides is 2. The normalized spacial score (nSPS) is 15.1. The number of nitrogen functional groups attached to an aromatic ring is 1. The SMILES string of the molecule is N=C(N)c1ccc(NC(=O)CCC(=O)N(CCO)c2ccc3c(c2)CNS(=O)C3)cc1. The van der Waals surface area contributed by atoms with E-state index in [-0.39, 0.29) is 43.6 Å². The van der Waals surface area contributed by atoms with Crippen molar-refractivity contribution in [2.24, 2.45) is 5.73 Å². The van der Waals surface area contributed by atoms with Crippen molar-refractivity contribution in [3.05, 3.63) is 59.2 Å². The predicted octanol–water partition coefficient (Wildman–Crippen LogP) is 0.982. The van der Waals surface area contributed by atoms with Crippen LogP contribution >= 0.6 is 0 Å². The Morgan fingerprint density at radius 1 is 1.16 bits per heavy atom. The maximum absolute atomic E-state index is 12.8. The summed E-state index contributed by atoms with van der Waals surface area (Å²) in [5.74, 6) is -0.232. The number of aliphatic hydroxyl groups excluding tert-OH is 1. The van der Waals surface area contributed by atoms with Gasteiger partial charge in [0.25, 0.3) is 0 Å². The van der Waals surface area contributed by atoms with Crippen LogP contribution in [0.3, 0.4) is 0 Å². The average Bonchev–Trinajstić information content (AvgIpc) is 2.76. The van der Waals surface area contributed by atoms with E-state index in [2.05, 4.69) is 10.0 Å². The third kappa shape index (κ3) is 5.97. The molecular formula is C21H25N5O4S. The lowest BCUT2D eigenvalue weighted by Crippen LogP contribution is -2.34. The van der Waals surface area contributed by atoms with Crippen molar-refractivity contribution in [1.29, 1.82) is 5.41 Å². The Balaban J connectivity index is 1.61. The zero-order valence-corrected chi connectivity index (χ0v) is 17.7. The number of hydrogen-bond donors (Lipinski definition) is 5. The average molecular weight is 444 g/mol. The Kier molecular flexibility index (Phi) is 7.50. The Bertz CT molecular complexity index is 1010. The third-order valence-corrected chi connectivity index (χ3v) is 5.92.